The molecule has 0 bridgehead atoms. The first-order valence-electron chi connectivity index (χ1n) is 3.08. The molecule has 4 heteroatoms. The van der Waals surface area contributed by atoms with Crippen LogP contribution in [0, 0.1) is 0 Å². The van der Waals surface area contributed by atoms with Crippen LogP contribution in [0.2, 0.25) is 0 Å². The maximum atomic E-state index is 10.6. The van der Waals surface area contributed by atoms with Crippen molar-refractivity contribution in [1.29, 1.82) is 0 Å². The van der Waals surface area contributed by atoms with Crippen LogP contribution in [0.1, 0.15) is 26.2 Å². The van der Waals surface area contributed by atoms with Gasteiger partial charge < -0.3 is 3.83 Å². The fourth-order valence-corrected chi connectivity index (χ4v) is 0.663. The molecule has 3 nitrogen and oxygen atoms in total. The van der Waals surface area contributed by atoms with Crippen LogP contribution in [0.15, 0.2) is 0 Å². The minimum absolute atomic E-state index is 0.279. The van der Waals surface area contributed by atoms with Gasteiger partial charge in [-0.3, -0.25) is 4.79 Å². The molecule has 0 saturated carbocycles. The third kappa shape index (κ3) is 3.61. The Morgan fingerprint density at radius 3 is 2.50 bits per heavy atom. The summed E-state index contributed by atoms with van der Waals surface area (Å²) in [5.74, 6) is -1.29. The van der Waals surface area contributed by atoms with E-state index < -0.39 is 11.8 Å². The topological polar surface area (TPSA) is 43.4 Å². The van der Waals surface area contributed by atoms with E-state index in [1.54, 1.807) is 0 Å². The van der Waals surface area contributed by atoms with Crippen molar-refractivity contribution < 1.29 is 13.4 Å². The van der Waals surface area contributed by atoms with Crippen LogP contribution in [0.5, 0.6) is 0 Å². The molecule has 0 aromatic rings. The first-order chi connectivity index (χ1) is 4.72. The Labute approximate surface area is 68.2 Å². The predicted molar refractivity (Wildman–Crippen MR) is 39.6 cm³/mol. The molecule has 0 radical (unpaired) electrons. The van der Waals surface area contributed by atoms with Gasteiger partial charge in [-0.25, -0.2) is 4.79 Å². The number of halogens is 1. The summed E-state index contributed by atoms with van der Waals surface area (Å²) in [6.45, 7) is 1.95. The van der Waals surface area contributed by atoms with Gasteiger partial charge in [0.2, 0.25) is 5.78 Å². The lowest BCUT2D eigenvalue weighted by Gasteiger charge is -1.93. The Bertz CT molecular complexity index is 133. The average molecular weight is 209 g/mol. The predicted octanol–water partition coefficient (Wildman–Crippen LogP) is 1.60. The van der Waals surface area contributed by atoms with Gasteiger partial charge in [-0.1, -0.05) is 13.3 Å². The Hall–Kier alpha value is -0.380. The van der Waals surface area contributed by atoms with Crippen LogP contribution in [-0.2, 0) is 13.4 Å². The van der Waals surface area contributed by atoms with Gasteiger partial charge in [0.05, 0.1) is 0 Å². The normalized spacial score (nSPS) is 9.00. The maximum Gasteiger partial charge on any atom is 0.386 e. The van der Waals surface area contributed by atoms with E-state index in [1.165, 1.54) is 0 Å². The average Bonchev–Trinajstić information content (AvgIpc) is 1.98. The quantitative estimate of drug-likeness (QED) is 0.660. The highest BCUT2D eigenvalue weighted by Gasteiger charge is 2.12. The lowest BCUT2D eigenvalue weighted by Crippen LogP contribution is -2.12. The second-order valence-corrected chi connectivity index (χ2v) is 2.22. The van der Waals surface area contributed by atoms with Gasteiger partial charge in [0.15, 0.2) is 16.3 Å². The lowest BCUT2D eigenvalue weighted by molar-refractivity contribution is -0.145. The van der Waals surface area contributed by atoms with Crippen molar-refractivity contribution in [3.05, 3.63) is 0 Å². The number of carbonyl (C=O) groups is 2. The van der Waals surface area contributed by atoms with Crippen molar-refractivity contribution in [2.24, 2.45) is 0 Å². The number of Topliss-reactive ketones (excluding diaryl/α,β-unsaturated/α-hetero) is 1. The van der Waals surface area contributed by atoms with Gasteiger partial charge in [-0.2, -0.15) is 0 Å². The maximum absolute atomic E-state index is 10.6. The molecule has 0 rings (SSSR count). The van der Waals surface area contributed by atoms with Crippen molar-refractivity contribution in [2.75, 3.05) is 0 Å². The van der Waals surface area contributed by atoms with Crippen LogP contribution in [0.4, 0.5) is 0 Å². The molecule has 0 unspecified atom stereocenters. The molecule has 0 aromatic carbocycles. The number of hydrogen-bond donors (Lipinski definition) is 0. The van der Waals surface area contributed by atoms with Crippen molar-refractivity contribution in [1.82, 2.24) is 0 Å². The second-order valence-electron chi connectivity index (χ2n) is 1.89. The number of ketones is 1. The summed E-state index contributed by atoms with van der Waals surface area (Å²) < 4.78 is 4.03. The molecule has 0 heterocycles. The molecular weight excluding hydrogens is 200 g/mol. The molecule has 0 amide bonds. The smallest absolute Gasteiger partial charge is 0.378 e. The molecule has 58 valence electrons. The van der Waals surface area contributed by atoms with Crippen LogP contribution in [0.3, 0.4) is 0 Å². The standard InChI is InChI=1S/C6H9BrO3/c1-2-3-4-5(8)6(9)10-7/h2-4H2,1H3. The number of carbonyl (C=O) groups excluding carboxylic acids is 2. The molecular formula is C6H9BrO3. The zero-order valence-electron chi connectivity index (χ0n) is 5.72. The Balaban J connectivity index is 3.52. The molecule has 0 aromatic heterocycles. The zero-order valence-corrected chi connectivity index (χ0v) is 7.31. The van der Waals surface area contributed by atoms with Crippen molar-refractivity contribution in [2.45, 2.75) is 26.2 Å². The van der Waals surface area contributed by atoms with E-state index in [0.717, 1.165) is 12.8 Å². The van der Waals surface area contributed by atoms with E-state index in [4.69, 9.17) is 0 Å². The summed E-state index contributed by atoms with van der Waals surface area (Å²) in [6, 6.07) is 0. The number of hydrogen-bond acceptors (Lipinski definition) is 3. The zero-order chi connectivity index (χ0) is 7.98. The number of rotatable bonds is 4. The first-order valence-corrected chi connectivity index (χ1v) is 3.72. The van der Waals surface area contributed by atoms with E-state index in [2.05, 4.69) is 20.1 Å². The minimum atomic E-state index is -0.812. The largest absolute Gasteiger partial charge is 0.386 e. The molecule has 0 atom stereocenters. The van der Waals surface area contributed by atoms with E-state index in [0.29, 0.717) is 0 Å². The highest BCUT2D eigenvalue weighted by molar-refractivity contribution is 9.06. The van der Waals surface area contributed by atoms with Gasteiger partial charge in [0.1, 0.15) is 0 Å². The fourth-order valence-electron chi connectivity index (χ4n) is 0.482. The summed E-state index contributed by atoms with van der Waals surface area (Å²) in [4.78, 5) is 21.0. The minimum Gasteiger partial charge on any atom is -0.378 e. The third-order valence-corrected chi connectivity index (χ3v) is 1.35. The van der Waals surface area contributed by atoms with E-state index in [9.17, 15) is 9.59 Å². The summed E-state index contributed by atoms with van der Waals surface area (Å²) in [7, 11) is 0. The van der Waals surface area contributed by atoms with Crippen molar-refractivity contribution in [3.63, 3.8) is 0 Å². The van der Waals surface area contributed by atoms with Gasteiger partial charge in [0, 0.05) is 6.42 Å². The third-order valence-electron chi connectivity index (χ3n) is 1.06. The Morgan fingerprint density at radius 1 is 1.50 bits per heavy atom. The van der Waals surface area contributed by atoms with Crippen LogP contribution in [0.25, 0.3) is 0 Å². The molecule has 0 fully saturated rings. The van der Waals surface area contributed by atoms with Crippen LogP contribution < -0.4 is 0 Å². The highest BCUT2D eigenvalue weighted by Crippen LogP contribution is 1.98. The molecule has 0 spiro atoms. The fraction of sp³-hybridized carbons (Fsp3) is 0.667. The molecule has 0 saturated heterocycles. The molecule has 0 aliphatic heterocycles. The highest BCUT2D eigenvalue weighted by atomic mass is 79.9. The van der Waals surface area contributed by atoms with E-state index in [1.807, 2.05) is 6.92 Å². The van der Waals surface area contributed by atoms with Gasteiger partial charge in [-0.15, -0.1) is 0 Å². The summed E-state index contributed by atoms with van der Waals surface area (Å²) in [5.41, 5.74) is 0. The molecule has 0 aliphatic carbocycles. The summed E-state index contributed by atoms with van der Waals surface area (Å²) in [6.07, 6.45) is 1.92. The SMILES string of the molecule is CCCCC(=O)C(=O)OBr. The van der Waals surface area contributed by atoms with Crippen molar-refractivity contribution >= 4 is 28.0 Å². The van der Waals surface area contributed by atoms with E-state index in [-0.39, 0.29) is 6.42 Å². The summed E-state index contributed by atoms with van der Waals surface area (Å²) in [5, 5.41) is 0. The van der Waals surface area contributed by atoms with E-state index >= 15 is 0 Å². The lowest BCUT2D eigenvalue weighted by atomic mass is 10.2. The summed E-state index contributed by atoms with van der Waals surface area (Å²) >= 11 is 2.44. The van der Waals surface area contributed by atoms with Gasteiger partial charge >= 0.3 is 5.97 Å². The Morgan fingerprint density at radius 2 is 2.10 bits per heavy atom. The van der Waals surface area contributed by atoms with Crippen molar-refractivity contribution in [3.8, 4) is 0 Å². The van der Waals surface area contributed by atoms with Gasteiger partial charge in [-0.05, 0) is 6.42 Å². The molecule has 0 N–H and O–H groups in total. The monoisotopic (exact) mass is 208 g/mol. The number of unbranched alkanes of at least 4 members (excludes halogenated alkanes) is 1. The Kier molecular flexibility index (Phi) is 5.20. The van der Waals surface area contributed by atoms with Gasteiger partial charge in [0.25, 0.3) is 0 Å². The van der Waals surface area contributed by atoms with Crippen LogP contribution in [-0.4, -0.2) is 11.8 Å². The molecule has 10 heavy (non-hydrogen) atoms. The molecule has 0 aliphatic rings. The van der Waals surface area contributed by atoms with Crippen LogP contribution >= 0.6 is 16.3 Å². The first kappa shape index (κ1) is 9.62. The second kappa shape index (κ2) is 5.41.